The molecule has 0 amide bonds. The first kappa shape index (κ1) is 16.1. The molecule has 0 spiro atoms. The van der Waals surface area contributed by atoms with Gasteiger partial charge in [0, 0.05) is 35.8 Å². The van der Waals surface area contributed by atoms with Gasteiger partial charge in [0.05, 0.1) is 17.6 Å². The Balaban J connectivity index is 1.98. The van der Waals surface area contributed by atoms with Crippen LogP contribution in [0.2, 0.25) is 0 Å². The maximum atomic E-state index is 12.9. The number of benzene rings is 1. The van der Waals surface area contributed by atoms with Crippen LogP contribution in [0.1, 0.15) is 30.7 Å². The van der Waals surface area contributed by atoms with Gasteiger partial charge in [0.15, 0.2) is 5.78 Å². The van der Waals surface area contributed by atoms with Crippen molar-refractivity contribution in [1.29, 1.82) is 5.26 Å². The molecule has 5 nitrogen and oxygen atoms in total. The van der Waals surface area contributed by atoms with Gasteiger partial charge < -0.3 is 5.73 Å². The predicted octanol–water partition coefficient (Wildman–Crippen LogP) is 3.39. The maximum absolute atomic E-state index is 12.9. The molecule has 1 unspecified atom stereocenters. The van der Waals surface area contributed by atoms with Crippen LogP contribution in [0, 0.1) is 11.3 Å². The number of aromatic nitrogens is 1. The van der Waals surface area contributed by atoms with Crippen molar-refractivity contribution in [2.24, 2.45) is 5.73 Å². The summed E-state index contributed by atoms with van der Waals surface area (Å²) in [4.78, 5) is 18.9. The SMILES string of the molecule is N#CC1=C(N)N(c2ccccc2)C2=C(C(=O)CCC2)C1c1cccnc1. The van der Waals surface area contributed by atoms with Gasteiger partial charge in [-0.1, -0.05) is 24.3 Å². The maximum Gasteiger partial charge on any atom is 0.161 e. The van der Waals surface area contributed by atoms with Crippen molar-refractivity contribution in [3.05, 3.63) is 83.1 Å². The molecule has 4 rings (SSSR count). The summed E-state index contributed by atoms with van der Waals surface area (Å²) >= 11 is 0. The van der Waals surface area contributed by atoms with E-state index in [1.54, 1.807) is 12.4 Å². The molecule has 5 heteroatoms. The number of hydrogen-bond acceptors (Lipinski definition) is 5. The first-order chi connectivity index (χ1) is 12.7. The van der Waals surface area contributed by atoms with E-state index in [-0.39, 0.29) is 5.78 Å². The van der Waals surface area contributed by atoms with Crippen LogP contribution in [0.25, 0.3) is 0 Å². The summed E-state index contributed by atoms with van der Waals surface area (Å²) in [6, 6.07) is 15.6. The van der Waals surface area contributed by atoms with Gasteiger partial charge >= 0.3 is 0 Å². The lowest BCUT2D eigenvalue weighted by Crippen LogP contribution is -2.38. The minimum atomic E-state index is -0.448. The highest BCUT2D eigenvalue weighted by Crippen LogP contribution is 2.45. The minimum Gasteiger partial charge on any atom is -0.384 e. The molecule has 0 saturated carbocycles. The average Bonchev–Trinajstić information content (AvgIpc) is 2.68. The molecule has 2 aliphatic rings. The third-order valence-corrected chi connectivity index (χ3v) is 4.95. The Kier molecular flexibility index (Phi) is 4.02. The van der Waals surface area contributed by atoms with Crippen molar-refractivity contribution in [3.8, 4) is 6.07 Å². The molecular formula is C21H18N4O. The van der Waals surface area contributed by atoms with E-state index in [0.29, 0.717) is 23.4 Å². The Labute approximate surface area is 152 Å². The summed E-state index contributed by atoms with van der Waals surface area (Å²) in [7, 11) is 0. The lowest BCUT2D eigenvalue weighted by Gasteiger charge is -2.39. The largest absolute Gasteiger partial charge is 0.384 e. The van der Waals surface area contributed by atoms with E-state index in [1.807, 2.05) is 47.4 Å². The number of para-hydroxylation sites is 1. The molecule has 128 valence electrons. The summed E-state index contributed by atoms with van der Waals surface area (Å²) in [5.74, 6) is 0.0266. The molecule has 1 aliphatic heterocycles. The molecule has 26 heavy (non-hydrogen) atoms. The molecule has 1 aromatic heterocycles. The number of nitrogens with zero attached hydrogens (tertiary/aromatic N) is 3. The molecule has 2 aromatic rings. The Morgan fingerprint density at radius 2 is 1.96 bits per heavy atom. The summed E-state index contributed by atoms with van der Waals surface area (Å²) in [6.45, 7) is 0. The number of Topliss-reactive ketones (excluding diaryl/α,β-unsaturated/α-hetero) is 1. The van der Waals surface area contributed by atoms with Crippen LogP contribution in [0.15, 0.2) is 77.5 Å². The van der Waals surface area contributed by atoms with Gasteiger partial charge in [-0.3, -0.25) is 14.7 Å². The molecule has 1 aromatic carbocycles. The fraction of sp³-hybridized carbons (Fsp3) is 0.190. The highest BCUT2D eigenvalue weighted by molar-refractivity contribution is 6.01. The molecule has 0 bridgehead atoms. The number of pyridine rings is 1. The first-order valence-electron chi connectivity index (χ1n) is 8.63. The van der Waals surface area contributed by atoms with E-state index < -0.39 is 5.92 Å². The molecular weight excluding hydrogens is 324 g/mol. The van der Waals surface area contributed by atoms with Crippen molar-refractivity contribution in [1.82, 2.24) is 4.98 Å². The Bertz CT molecular complexity index is 955. The zero-order valence-electron chi connectivity index (χ0n) is 14.2. The van der Waals surface area contributed by atoms with Gasteiger partial charge in [-0.05, 0) is 36.6 Å². The first-order valence-corrected chi connectivity index (χ1v) is 8.63. The molecule has 2 N–H and O–H groups in total. The normalized spacial score (nSPS) is 20.0. The van der Waals surface area contributed by atoms with Crippen LogP contribution in [-0.4, -0.2) is 10.8 Å². The Morgan fingerprint density at radius 3 is 2.65 bits per heavy atom. The average molecular weight is 342 g/mol. The number of hydrogen-bond donors (Lipinski definition) is 1. The lowest BCUT2D eigenvalue weighted by atomic mass is 9.76. The number of nitriles is 1. The highest BCUT2D eigenvalue weighted by Gasteiger charge is 2.40. The van der Waals surface area contributed by atoms with E-state index in [1.165, 1.54) is 0 Å². The second kappa shape index (κ2) is 6.49. The van der Waals surface area contributed by atoms with Crippen molar-refractivity contribution in [2.45, 2.75) is 25.2 Å². The third-order valence-electron chi connectivity index (χ3n) is 4.95. The van der Waals surface area contributed by atoms with Crippen molar-refractivity contribution >= 4 is 11.5 Å². The van der Waals surface area contributed by atoms with Crippen LogP contribution in [0.5, 0.6) is 0 Å². The van der Waals surface area contributed by atoms with Crippen LogP contribution < -0.4 is 10.6 Å². The zero-order valence-corrected chi connectivity index (χ0v) is 14.2. The van der Waals surface area contributed by atoms with Gasteiger partial charge in [0.25, 0.3) is 0 Å². The second-order valence-corrected chi connectivity index (χ2v) is 6.44. The molecule has 2 heterocycles. The number of allylic oxidation sites excluding steroid dienone is 3. The van der Waals surface area contributed by atoms with Crippen LogP contribution in [0.3, 0.4) is 0 Å². The van der Waals surface area contributed by atoms with Gasteiger partial charge in [-0.15, -0.1) is 0 Å². The summed E-state index contributed by atoms with van der Waals surface area (Å²) < 4.78 is 0. The van der Waals surface area contributed by atoms with E-state index in [2.05, 4.69) is 11.1 Å². The van der Waals surface area contributed by atoms with Gasteiger partial charge in [0.2, 0.25) is 0 Å². The van der Waals surface area contributed by atoms with Gasteiger partial charge in [0.1, 0.15) is 5.82 Å². The summed E-state index contributed by atoms with van der Waals surface area (Å²) in [5, 5.41) is 9.87. The highest BCUT2D eigenvalue weighted by atomic mass is 16.1. The fourth-order valence-electron chi connectivity index (χ4n) is 3.84. The topological polar surface area (TPSA) is 83.0 Å². The van der Waals surface area contributed by atoms with E-state index in [4.69, 9.17) is 5.73 Å². The van der Waals surface area contributed by atoms with E-state index in [0.717, 1.165) is 29.8 Å². The number of nitrogens with two attached hydrogens (primary N) is 1. The molecule has 0 saturated heterocycles. The number of carbonyl (C=O) groups excluding carboxylic acids is 1. The smallest absolute Gasteiger partial charge is 0.161 e. The summed E-state index contributed by atoms with van der Waals surface area (Å²) in [5.41, 5.74) is 10.1. The molecule has 0 radical (unpaired) electrons. The van der Waals surface area contributed by atoms with Crippen molar-refractivity contribution < 1.29 is 4.79 Å². The van der Waals surface area contributed by atoms with E-state index >= 15 is 0 Å². The standard InChI is InChI=1S/C21H18N4O/c22-12-16-19(14-6-5-11-24-13-14)20-17(9-4-10-18(20)26)25(21(16)23)15-7-2-1-3-8-15/h1-3,5-8,11,13,19H,4,9-10,23H2. The molecule has 1 aliphatic carbocycles. The number of ketones is 1. The van der Waals surface area contributed by atoms with Crippen molar-refractivity contribution in [2.75, 3.05) is 4.90 Å². The fourth-order valence-corrected chi connectivity index (χ4v) is 3.84. The van der Waals surface area contributed by atoms with Crippen molar-refractivity contribution in [3.63, 3.8) is 0 Å². The van der Waals surface area contributed by atoms with Gasteiger partial charge in [-0.25, -0.2) is 0 Å². The van der Waals surface area contributed by atoms with Crippen LogP contribution in [0.4, 0.5) is 5.69 Å². The molecule has 0 fully saturated rings. The number of anilines is 1. The zero-order chi connectivity index (χ0) is 18.1. The minimum absolute atomic E-state index is 0.0845. The number of rotatable bonds is 2. The summed E-state index contributed by atoms with van der Waals surface area (Å²) in [6.07, 6.45) is 5.43. The predicted molar refractivity (Wildman–Crippen MR) is 98.6 cm³/mol. The van der Waals surface area contributed by atoms with E-state index in [9.17, 15) is 10.1 Å². The van der Waals surface area contributed by atoms with Crippen LogP contribution >= 0.6 is 0 Å². The second-order valence-electron chi connectivity index (χ2n) is 6.44. The Morgan fingerprint density at radius 1 is 1.15 bits per heavy atom. The van der Waals surface area contributed by atoms with Crippen LogP contribution in [-0.2, 0) is 4.79 Å². The quantitative estimate of drug-likeness (QED) is 0.904. The third kappa shape index (κ3) is 2.47. The van der Waals surface area contributed by atoms with Gasteiger partial charge in [-0.2, -0.15) is 5.26 Å². The number of carbonyl (C=O) groups is 1. The molecule has 1 atom stereocenters. The Hall–Kier alpha value is -3.39. The lowest BCUT2D eigenvalue weighted by molar-refractivity contribution is -0.116. The monoisotopic (exact) mass is 342 g/mol.